The van der Waals surface area contributed by atoms with Gasteiger partial charge in [-0.05, 0) is 18.2 Å². The lowest BCUT2D eigenvalue weighted by Crippen LogP contribution is -1.91. The number of aromatic nitrogens is 3. The van der Waals surface area contributed by atoms with Gasteiger partial charge in [0, 0.05) is 23.3 Å². The van der Waals surface area contributed by atoms with Crippen LogP contribution in [0, 0.1) is 0 Å². The number of benzene rings is 1. The predicted octanol–water partition coefficient (Wildman–Crippen LogP) is 1.98. The van der Waals surface area contributed by atoms with E-state index >= 15 is 0 Å². The van der Waals surface area contributed by atoms with Gasteiger partial charge >= 0.3 is 0 Å². The first-order chi connectivity index (χ1) is 8.75. The molecule has 3 N–H and O–H groups in total. The standard InChI is InChI=1S/C13H10N4O/c14-10-3-4-16-12(13(10)18)8-1-2-11-9(5-8)6-15-7-17-11/h1-7,18H,(H2,14,16). The van der Waals surface area contributed by atoms with Gasteiger partial charge in [-0.15, -0.1) is 0 Å². The van der Waals surface area contributed by atoms with Crippen LogP contribution in [0.5, 0.6) is 5.75 Å². The maximum atomic E-state index is 9.90. The Morgan fingerprint density at radius 1 is 1.11 bits per heavy atom. The lowest BCUT2D eigenvalue weighted by atomic mass is 10.1. The van der Waals surface area contributed by atoms with Crippen LogP contribution in [0.3, 0.4) is 0 Å². The van der Waals surface area contributed by atoms with Gasteiger partial charge in [0.15, 0.2) is 5.75 Å². The Balaban J connectivity index is 2.22. The van der Waals surface area contributed by atoms with Crippen molar-refractivity contribution in [1.29, 1.82) is 0 Å². The zero-order chi connectivity index (χ0) is 12.5. The van der Waals surface area contributed by atoms with Crippen molar-refractivity contribution in [3.63, 3.8) is 0 Å². The molecule has 0 bridgehead atoms. The molecule has 3 rings (SSSR count). The molecule has 0 aliphatic carbocycles. The van der Waals surface area contributed by atoms with Crippen LogP contribution in [0.4, 0.5) is 5.69 Å². The van der Waals surface area contributed by atoms with Gasteiger partial charge in [-0.25, -0.2) is 9.97 Å². The minimum atomic E-state index is -0.00583. The summed E-state index contributed by atoms with van der Waals surface area (Å²) in [4.78, 5) is 12.3. The average molecular weight is 238 g/mol. The van der Waals surface area contributed by atoms with E-state index < -0.39 is 0 Å². The Hall–Kier alpha value is -2.69. The molecule has 0 aliphatic heterocycles. The van der Waals surface area contributed by atoms with Gasteiger partial charge in [0.05, 0.1) is 11.2 Å². The van der Waals surface area contributed by atoms with Crippen LogP contribution in [-0.4, -0.2) is 20.1 Å². The van der Waals surface area contributed by atoms with E-state index in [1.165, 1.54) is 6.33 Å². The third-order valence-electron chi connectivity index (χ3n) is 2.73. The second-order valence-corrected chi connectivity index (χ2v) is 3.89. The largest absolute Gasteiger partial charge is 0.504 e. The summed E-state index contributed by atoms with van der Waals surface area (Å²) in [6, 6.07) is 7.13. The Morgan fingerprint density at radius 3 is 2.89 bits per heavy atom. The number of nitrogens with two attached hydrogens (primary N) is 1. The molecule has 0 fully saturated rings. The molecule has 5 heteroatoms. The van der Waals surface area contributed by atoms with Crippen LogP contribution in [0.15, 0.2) is 43.0 Å². The second-order valence-electron chi connectivity index (χ2n) is 3.89. The van der Waals surface area contributed by atoms with Crippen molar-refractivity contribution < 1.29 is 5.11 Å². The van der Waals surface area contributed by atoms with Gasteiger partial charge in [-0.2, -0.15) is 0 Å². The fourth-order valence-electron chi connectivity index (χ4n) is 1.81. The summed E-state index contributed by atoms with van der Waals surface area (Å²) in [5.74, 6) is -0.00583. The number of anilines is 1. The number of pyridine rings is 1. The number of hydrogen-bond donors (Lipinski definition) is 2. The van der Waals surface area contributed by atoms with E-state index in [0.717, 1.165) is 16.5 Å². The number of nitrogens with zero attached hydrogens (tertiary/aromatic N) is 3. The topological polar surface area (TPSA) is 84.9 Å². The van der Waals surface area contributed by atoms with Crippen molar-refractivity contribution in [3.8, 4) is 17.0 Å². The molecular weight excluding hydrogens is 228 g/mol. The van der Waals surface area contributed by atoms with Crippen LogP contribution in [-0.2, 0) is 0 Å². The zero-order valence-electron chi connectivity index (χ0n) is 9.41. The van der Waals surface area contributed by atoms with Gasteiger partial charge < -0.3 is 10.8 Å². The number of nitrogen functional groups attached to an aromatic ring is 1. The van der Waals surface area contributed by atoms with Crippen LogP contribution in [0.25, 0.3) is 22.2 Å². The molecule has 0 amide bonds. The molecule has 18 heavy (non-hydrogen) atoms. The molecule has 88 valence electrons. The monoisotopic (exact) mass is 238 g/mol. The highest BCUT2D eigenvalue weighted by atomic mass is 16.3. The third-order valence-corrected chi connectivity index (χ3v) is 2.73. The van der Waals surface area contributed by atoms with Crippen molar-refractivity contribution in [3.05, 3.63) is 43.0 Å². The van der Waals surface area contributed by atoms with Gasteiger partial charge in [-0.3, -0.25) is 4.98 Å². The van der Waals surface area contributed by atoms with Crippen molar-refractivity contribution >= 4 is 16.6 Å². The zero-order valence-corrected chi connectivity index (χ0v) is 9.41. The molecule has 0 saturated carbocycles. The molecule has 2 heterocycles. The minimum absolute atomic E-state index is 0.00583. The maximum absolute atomic E-state index is 9.90. The van der Waals surface area contributed by atoms with E-state index in [1.54, 1.807) is 18.5 Å². The molecule has 3 aromatic rings. The summed E-state index contributed by atoms with van der Waals surface area (Å²) in [7, 11) is 0. The first kappa shape index (κ1) is 10.5. The summed E-state index contributed by atoms with van der Waals surface area (Å²) >= 11 is 0. The number of hydrogen-bond acceptors (Lipinski definition) is 5. The molecule has 0 radical (unpaired) electrons. The van der Waals surface area contributed by atoms with E-state index in [4.69, 9.17) is 5.73 Å². The van der Waals surface area contributed by atoms with E-state index in [9.17, 15) is 5.11 Å². The van der Waals surface area contributed by atoms with E-state index in [0.29, 0.717) is 11.4 Å². The molecule has 1 aromatic carbocycles. The second kappa shape index (κ2) is 3.96. The fourth-order valence-corrected chi connectivity index (χ4v) is 1.81. The highest BCUT2D eigenvalue weighted by molar-refractivity contribution is 5.85. The maximum Gasteiger partial charge on any atom is 0.165 e. The van der Waals surface area contributed by atoms with E-state index in [2.05, 4.69) is 15.0 Å². The van der Waals surface area contributed by atoms with Gasteiger partial charge in [0.2, 0.25) is 0 Å². The third kappa shape index (κ3) is 1.62. The summed E-state index contributed by atoms with van der Waals surface area (Å²) < 4.78 is 0. The van der Waals surface area contributed by atoms with Crippen LogP contribution >= 0.6 is 0 Å². The summed E-state index contributed by atoms with van der Waals surface area (Å²) in [5, 5.41) is 10.8. The minimum Gasteiger partial charge on any atom is -0.504 e. The van der Waals surface area contributed by atoms with Crippen LogP contribution in [0.1, 0.15) is 0 Å². The van der Waals surface area contributed by atoms with Gasteiger partial charge in [0.1, 0.15) is 12.0 Å². The highest BCUT2D eigenvalue weighted by Gasteiger charge is 2.09. The molecule has 0 atom stereocenters. The Kier molecular flexibility index (Phi) is 2.30. The Bertz CT molecular complexity index is 727. The fraction of sp³-hybridized carbons (Fsp3) is 0. The molecule has 0 spiro atoms. The summed E-state index contributed by atoms with van der Waals surface area (Å²) in [5.41, 5.74) is 8.05. The smallest absolute Gasteiger partial charge is 0.165 e. The van der Waals surface area contributed by atoms with Crippen molar-refractivity contribution in [2.24, 2.45) is 0 Å². The Morgan fingerprint density at radius 2 is 2.00 bits per heavy atom. The molecule has 0 aliphatic rings. The van der Waals surface area contributed by atoms with Crippen LogP contribution in [0.2, 0.25) is 0 Å². The molecule has 0 unspecified atom stereocenters. The molecular formula is C13H10N4O. The summed E-state index contributed by atoms with van der Waals surface area (Å²) in [6.45, 7) is 0. The SMILES string of the molecule is Nc1ccnc(-c2ccc3ncncc3c2)c1O. The van der Waals surface area contributed by atoms with Crippen molar-refractivity contribution in [2.75, 3.05) is 5.73 Å². The summed E-state index contributed by atoms with van der Waals surface area (Å²) in [6.07, 6.45) is 4.78. The first-order valence-corrected chi connectivity index (χ1v) is 5.39. The highest BCUT2D eigenvalue weighted by Crippen LogP contribution is 2.32. The number of fused-ring (bicyclic) bond motifs is 1. The van der Waals surface area contributed by atoms with E-state index in [-0.39, 0.29) is 5.75 Å². The lowest BCUT2D eigenvalue weighted by molar-refractivity contribution is 0.478. The quantitative estimate of drug-likeness (QED) is 0.677. The van der Waals surface area contributed by atoms with Crippen LogP contribution < -0.4 is 5.73 Å². The predicted molar refractivity (Wildman–Crippen MR) is 68.8 cm³/mol. The molecule has 5 nitrogen and oxygen atoms in total. The number of rotatable bonds is 1. The first-order valence-electron chi connectivity index (χ1n) is 5.39. The van der Waals surface area contributed by atoms with Gasteiger partial charge in [-0.1, -0.05) is 6.07 Å². The number of aromatic hydroxyl groups is 1. The Labute approximate surface area is 103 Å². The van der Waals surface area contributed by atoms with Gasteiger partial charge in [0.25, 0.3) is 0 Å². The molecule has 0 saturated heterocycles. The average Bonchev–Trinajstić information content (AvgIpc) is 2.41. The normalized spacial score (nSPS) is 10.7. The van der Waals surface area contributed by atoms with Crippen molar-refractivity contribution in [1.82, 2.24) is 15.0 Å². The van der Waals surface area contributed by atoms with Crippen molar-refractivity contribution in [2.45, 2.75) is 0 Å². The van der Waals surface area contributed by atoms with E-state index in [1.807, 2.05) is 18.2 Å². The lowest BCUT2D eigenvalue weighted by Gasteiger charge is -2.06. The molecule has 2 aromatic heterocycles.